The van der Waals surface area contributed by atoms with Gasteiger partial charge in [-0.05, 0) is 36.7 Å². The van der Waals surface area contributed by atoms with Crippen molar-refractivity contribution >= 4 is 23.5 Å². The molecule has 2 aliphatic rings. The Morgan fingerprint density at radius 2 is 1.72 bits per heavy atom. The number of hydrogen-bond acceptors (Lipinski definition) is 3. The Morgan fingerprint density at radius 1 is 1.08 bits per heavy atom. The molecule has 1 saturated carbocycles. The van der Waals surface area contributed by atoms with Gasteiger partial charge in [0.1, 0.15) is 0 Å². The van der Waals surface area contributed by atoms with Crippen LogP contribution in [0, 0.1) is 0 Å². The van der Waals surface area contributed by atoms with E-state index in [-0.39, 0.29) is 28.4 Å². The largest absolute Gasteiger partial charge is 0.446 e. The first-order chi connectivity index (χ1) is 11.9. The van der Waals surface area contributed by atoms with Crippen LogP contribution in [0.1, 0.15) is 25.7 Å². The standard InChI is InChI=1S/C17H22F3N3OS/c18-17(19,20)25-15-8-4-3-7-14(15)21-16(24)23-11-9-22(10-12-23)13-5-1-2-6-13/h3-4,7-8,13H,1-2,5-6,9-12H2,(H,21,24). The van der Waals surface area contributed by atoms with Gasteiger partial charge in [-0.25, -0.2) is 4.79 Å². The van der Waals surface area contributed by atoms with Crippen molar-refractivity contribution in [2.24, 2.45) is 0 Å². The number of piperazine rings is 1. The average Bonchev–Trinajstić information content (AvgIpc) is 3.10. The minimum absolute atomic E-state index is 0.00735. The molecule has 0 atom stereocenters. The zero-order chi connectivity index (χ0) is 17.9. The van der Waals surface area contributed by atoms with E-state index < -0.39 is 5.51 Å². The van der Waals surface area contributed by atoms with Gasteiger partial charge in [0, 0.05) is 37.1 Å². The molecule has 1 aromatic carbocycles. The number of nitrogens with one attached hydrogen (secondary N) is 1. The number of urea groups is 1. The third kappa shape index (κ3) is 5.04. The van der Waals surface area contributed by atoms with Crippen LogP contribution in [0.5, 0.6) is 0 Å². The lowest BCUT2D eigenvalue weighted by Gasteiger charge is -2.38. The van der Waals surface area contributed by atoms with Gasteiger partial charge < -0.3 is 10.2 Å². The summed E-state index contributed by atoms with van der Waals surface area (Å²) in [6.45, 7) is 2.88. The second-order valence-corrected chi connectivity index (χ2v) is 7.54. The van der Waals surface area contributed by atoms with E-state index in [1.807, 2.05) is 0 Å². The van der Waals surface area contributed by atoms with Crippen LogP contribution in [0.4, 0.5) is 23.7 Å². The molecule has 1 aliphatic carbocycles. The predicted octanol–water partition coefficient (Wildman–Crippen LogP) is 4.39. The number of para-hydroxylation sites is 1. The van der Waals surface area contributed by atoms with Gasteiger partial charge in [-0.15, -0.1) is 0 Å². The highest BCUT2D eigenvalue weighted by Gasteiger charge is 2.31. The molecule has 3 rings (SSSR count). The highest BCUT2D eigenvalue weighted by atomic mass is 32.2. The second kappa shape index (κ2) is 7.86. The van der Waals surface area contributed by atoms with Crippen molar-refractivity contribution in [1.82, 2.24) is 9.80 Å². The molecule has 25 heavy (non-hydrogen) atoms. The summed E-state index contributed by atoms with van der Waals surface area (Å²) < 4.78 is 37.9. The Kier molecular flexibility index (Phi) is 5.78. The van der Waals surface area contributed by atoms with Crippen LogP contribution >= 0.6 is 11.8 Å². The Bertz CT molecular complexity index is 597. The fourth-order valence-corrected chi connectivity index (χ4v) is 4.16. The maximum Gasteiger partial charge on any atom is 0.446 e. The van der Waals surface area contributed by atoms with Crippen LogP contribution in [0.3, 0.4) is 0 Å². The summed E-state index contributed by atoms with van der Waals surface area (Å²) >= 11 is -0.208. The van der Waals surface area contributed by atoms with E-state index in [0.717, 1.165) is 13.1 Å². The quantitative estimate of drug-likeness (QED) is 0.798. The van der Waals surface area contributed by atoms with Crippen molar-refractivity contribution in [2.75, 3.05) is 31.5 Å². The van der Waals surface area contributed by atoms with E-state index in [1.54, 1.807) is 11.0 Å². The molecule has 2 amide bonds. The highest BCUT2D eigenvalue weighted by Crippen LogP contribution is 2.40. The molecular weight excluding hydrogens is 351 g/mol. The number of anilines is 1. The molecule has 0 spiro atoms. The molecule has 8 heteroatoms. The van der Waals surface area contributed by atoms with Gasteiger partial charge in [-0.1, -0.05) is 25.0 Å². The van der Waals surface area contributed by atoms with Crippen LogP contribution in [0.2, 0.25) is 0 Å². The predicted molar refractivity (Wildman–Crippen MR) is 92.8 cm³/mol. The summed E-state index contributed by atoms with van der Waals surface area (Å²) in [5.41, 5.74) is -4.18. The monoisotopic (exact) mass is 373 g/mol. The van der Waals surface area contributed by atoms with Crippen molar-refractivity contribution < 1.29 is 18.0 Å². The molecular formula is C17H22F3N3OS. The molecule has 2 fully saturated rings. The Balaban J connectivity index is 1.56. The number of rotatable bonds is 3. The average molecular weight is 373 g/mol. The minimum Gasteiger partial charge on any atom is -0.322 e. The molecule has 0 radical (unpaired) electrons. The lowest BCUT2D eigenvalue weighted by Crippen LogP contribution is -2.52. The lowest BCUT2D eigenvalue weighted by molar-refractivity contribution is -0.0328. The van der Waals surface area contributed by atoms with Gasteiger partial charge in [-0.2, -0.15) is 13.2 Å². The summed E-state index contributed by atoms with van der Waals surface area (Å²) in [5, 5.41) is 2.63. The van der Waals surface area contributed by atoms with Gasteiger partial charge in [-0.3, -0.25) is 4.90 Å². The molecule has 1 aromatic rings. The minimum atomic E-state index is -4.38. The van der Waals surface area contributed by atoms with E-state index in [2.05, 4.69) is 10.2 Å². The summed E-state index contributed by atoms with van der Waals surface area (Å²) in [5.74, 6) is 0. The lowest BCUT2D eigenvalue weighted by atomic mass is 10.2. The number of carbonyl (C=O) groups excluding carboxylic acids is 1. The van der Waals surface area contributed by atoms with Crippen LogP contribution < -0.4 is 5.32 Å². The summed E-state index contributed by atoms with van der Waals surface area (Å²) in [6.07, 6.45) is 5.01. The number of amides is 2. The molecule has 0 bridgehead atoms. The number of hydrogen-bond donors (Lipinski definition) is 1. The number of alkyl halides is 3. The van der Waals surface area contributed by atoms with Gasteiger partial charge in [0.05, 0.1) is 5.69 Å². The van der Waals surface area contributed by atoms with Gasteiger partial charge in [0.15, 0.2) is 0 Å². The molecule has 138 valence electrons. The molecule has 1 aliphatic heterocycles. The van der Waals surface area contributed by atoms with Crippen molar-refractivity contribution in [3.05, 3.63) is 24.3 Å². The fraction of sp³-hybridized carbons (Fsp3) is 0.588. The van der Waals surface area contributed by atoms with Crippen molar-refractivity contribution in [3.63, 3.8) is 0 Å². The first-order valence-electron chi connectivity index (χ1n) is 8.57. The summed E-state index contributed by atoms with van der Waals surface area (Å²) in [4.78, 5) is 16.5. The van der Waals surface area contributed by atoms with Gasteiger partial charge in [0.2, 0.25) is 0 Å². The van der Waals surface area contributed by atoms with E-state index in [0.29, 0.717) is 19.1 Å². The first-order valence-corrected chi connectivity index (χ1v) is 9.39. The zero-order valence-corrected chi connectivity index (χ0v) is 14.7. The fourth-order valence-electron chi connectivity index (χ4n) is 3.54. The van der Waals surface area contributed by atoms with Crippen LogP contribution in [0.15, 0.2) is 29.2 Å². The maximum atomic E-state index is 12.6. The topological polar surface area (TPSA) is 35.6 Å². The molecule has 1 N–H and O–H groups in total. The molecule has 4 nitrogen and oxygen atoms in total. The second-order valence-electron chi connectivity index (χ2n) is 6.44. The molecule has 0 unspecified atom stereocenters. The van der Waals surface area contributed by atoms with Crippen LogP contribution in [-0.2, 0) is 0 Å². The van der Waals surface area contributed by atoms with E-state index >= 15 is 0 Å². The number of nitrogens with zero attached hydrogens (tertiary/aromatic N) is 2. The molecule has 1 heterocycles. The summed E-state index contributed by atoms with van der Waals surface area (Å²) in [6, 6.07) is 6.32. The first kappa shape index (κ1) is 18.4. The number of carbonyl (C=O) groups is 1. The van der Waals surface area contributed by atoms with Gasteiger partial charge >= 0.3 is 11.5 Å². The van der Waals surface area contributed by atoms with Crippen molar-refractivity contribution in [1.29, 1.82) is 0 Å². The smallest absolute Gasteiger partial charge is 0.322 e. The van der Waals surface area contributed by atoms with E-state index in [1.165, 1.54) is 43.9 Å². The van der Waals surface area contributed by atoms with Crippen molar-refractivity contribution in [2.45, 2.75) is 42.1 Å². The highest BCUT2D eigenvalue weighted by molar-refractivity contribution is 8.00. The van der Waals surface area contributed by atoms with Crippen molar-refractivity contribution in [3.8, 4) is 0 Å². The SMILES string of the molecule is O=C(Nc1ccccc1SC(F)(F)F)N1CCN(C2CCCC2)CC1. The Morgan fingerprint density at radius 3 is 2.36 bits per heavy atom. The zero-order valence-electron chi connectivity index (χ0n) is 13.9. The van der Waals surface area contributed by atoms with E-state index in [4.69, 9.17) is 0 Å². The normalized spacial score (nSPS) is 20.0. The van der Waals surface area contributed by atoms with E-state index in [9.17, 15) is 18.0 Å². The maximum absolute atomic E-state index is 12.6. The number of thioether (sulfide) groups is 1. The summed E-state index contributed by atoms with van der Waals surface area (Å²) in [7, 11) is 0. The molecule has 1 saturated heterocycles. The van der Waals surface area contributed by atoms with Crippen LogP contribution in [0.25, 0.3) is 0 Å². The third-order valence-electron chi connectivity index (χ3n) is 4.80. The number of benzene rings is 1. The van der Waals surface area contributed by atoms with Gasteiger partial charge in [0.25, 0.3) is 0 Å². The Labute approximate surface area is 149 Å². The molecule has 0 aromatic heterocycles. The van der Waals surface area contributed by atoms with Crippen LogP contribution in [-0.4, -0.2) is 53.6 Å². The number of halogens is 3. The third-order valence-corrected chi connectivity index (χ3v) is 5.60. The Hall–Kier alpha value is -1.41.